The van der Waals surface area contributed by atoms with E-state index >= 15 is 0 Å². The molecule has 1 saturated carbocycles. The quantitative estimate of drug-likeness (QED) is 0.765. The SMILES string of the molecule is CCC(C)(C)NC(=O)C(C)N[C@@H](C)C1CCCC1. The molecule has 1 unspecified atom stereocenters. The van der Waals surface area contributed by atoms with Crippen LogP contribution in [0.15, 0.2) is 0 Å². The van der Waals surface area contributed by atoms with E-state index in [4.69, 9.17) is 0 Å². The fraction of sp³-hybridized carbons (Fsp3) is 0.933. The normalized spacial score (nSPS) is 20.7. The number of rotatable bonds is 6. The fourth-order valence-electron chi connectivity index (χ4n) is 2.59. The molecule has 0 aliphatic heterocycles. The lowest BCUT2D eigenvalue weighted by atomic mass is 9.98. The van der Waals surface area contributed by atoms with Crippen LogP contribution in [0.1, 0.15) is 66.7 Å². The van der Waals surface area contributed by atoms with E-state index in [1.54, 1.807) is 0 Å². The van der Waals surface area contributed by atoms with E-state index in [-0.39, 0.29) is 17.5 Å². The minimum Gasteiger partial charge on any atom is -0.350 e. The van der Waals surface area contributed by atoms with Crippen LogP contribution >= 0.6 is 0 Å². The summed E-state index contributed by atoms with van der Waals surface area (Å²) in [6.45, 7) is 10.4. The van der Waals surface area contributed by atoms with Gasteiger partial charge in [0.2, 0.25) is 5.91 Å². The zero-order valence-electron chi connectivity index (χ0n) is 12.7. The maximum Gasteiger partial charge on any atom is 0.237 e. The van der Waals surface area contributed by atoms with Crippen LogP contribution < -0.4 is 10.6 Å². The van der Waals surface area contributed by atoms with Crippen molar-refractivity contribution in [3.05, 3.63) is 0 Å². The maximum atomic E-state index is 12.1. The van der Waals surface area contributed by atoms with Crippen molar-refractivity contribution in [3.63, 3.8) is 0 Å². The third-order valence-electron chi connectivity index (χ3n) is 4.36. The fourth-order valence-corrected chi connectivity index (χ4v) is 2.59. The average Bonchev–Trinajstić information content (AvgIpc) is 2.81. The van der Waals surface area contributed by atoms with Crippen LogP contribution in [0, 0.1) is 5.92 Å². The molecule has 3 heteroatoms. The lowest BCUT2D eigenvalue weighted by Crippen LogP contribution is -2.53. The summed E-state index contributed by atoms with van der Waals surface area (Å²) in [5.74, 6) is 0.867. The predicted molar refractivity (Wildman–Crippen MR) is 76.5 cm³/mol. The third kappa shape index (κ3) is 4.60. The van der Waals surface area contributed by atoms with E-state index in [0.717, 1.165) is 12.3 Å². The van der Waals surface area contributed by atoms with Gasteiger partial charge in [0.05, 0.1) is 6.04 Å². The molecule has 1 aliphatic rings. The van der Waals surface area contributed by atoms with Gasteiger partial charge in [0.1, 0.15) is 0 Å². The van der Waals surface area contributed by atoms with Crippen molar-refractivity contribution >= 4 is 5.91 Å². The van der Waals surface area contributed by atoms with Gasteiger partial charge in [-0.2, -0.15) is 0 Å². The van der Waals surface area contributed by atoms with Crippen molar-refractivity contribution in [2.45, 2.75) is 84.3 Å². The number of hydrogen-bond donors (Lipinski definition) is 2. The molecule has 106 valence electrons. The molecule has 0 aromatic carbocycles. The molecule has 0 saturated heterocycles. The van der Waals surface area contributed by atoms with Crippen molar-refractivity contribution in [1.82, 2.24) is 10.6 Å². The Hall–Kier alpha value is -0.570. The van der Waals surface area contributed by atoms with E-state index in [9.17, 15) is 4.79 Å². The van der Waals surface area contributed by atoms with Crippen LogP contribution in [-0.2, 0) is 4.79 Å². The summed E-state index contributed by atoms with van der Waals surface area (Å²) in [7, 11) is 0. The molecule has 18 heavy (non-hydrogen) atoms. The Morgan fingerprint density at radius 3 is 2.33 bits per heavy atom. The highest BCUT2D eigenvalue weighted by molar-refractivity contribution is 5.82. The minimum absolute atomic E-state index is 0.105. The third-order valence-corrected chi connectivity index (χ3v) is 4.36. The summed E-state index contributed by atoms with van der Waals surface area (Å²) in [6, 6.07) is 0.337. The van der Waals surface area contributed by atoms with E-state index in [0.29, 0.717) is 6.04 Å². The second kappa shape index (κ2) is 6.55. The van der Waals surface area contributed by atoms with Gasteiger partial charge in [-0.1, -0.05) is 19.8 Å². The zero-order chi connectivity index (χ0) is 13.8. The average molecular weight is 254 g/mol. The van der Waals surface area contributed by atoms with E-state index in [2.05, 4.69) is 38.3 Å². The molecule has 0 spiro atoms. The molecular formula is C15H30N2O. The van der Waals surface area contributed by atoms with Crippen LogP contribution in [-0.4, -0.2) is 23.5 Å². The Morgan fingerprint density at radius 1 is 1.28 bits per heavy atom. The van der Waals surface area contributed by atoms with E-state index in [1.807, 2.05) is 6.92 Å². The molecule has 3 nitrogen and oxygen atoms in total. The largest absolute Gasteiger partial charge is 0.350 e. The van der Waals surface area contributed by atoms with Crippen LogP contribution in [0.5, 0.6) is 0 Å². The second-order valence-electron chi connectivity index (χ2n) is 6.45. The molecule has 1 rings (SSSR count). The van der Waals surface area contributed by atoms with Crippen molar-refractivity contribution in [1.29, 1.82) is 0 Å². The van der Waals surface area contributed by atoms with Crippen LogP contribution in [0.25, 0.3) is 0 Å². The lowest BCUT2D eigenvalue weighted by molar-refractivity contribution is -0.124. The molecule has 1 amide bonds. The second-order valence-corrected chi connectivity index (χ2v) is 6.45. The molecule has 2 atom stereocenters. The highest BCUT2D eigenvalue weighted by Gasteiger charge is 2.26. The number of nitrogens with one attached hydrogen (secondary N) is 2. The predicted octanol–water partition coefficient (Wildman–Crippen LogP) is 2.85. The van der Waals surface area contributed by atoms with Gasteiger partial charge in [-0.05, 0) is 52.9 Å². The lowest BCUT2D eigenvalue weighted by Gasteiger charge is -2.29. The summed E-state index contributed by atoms with van der Waals surface area (Å²) in [4.78, 5) is 12.1. The number of amides is 1. The van der Waals surface area contributed by atoms with Gasteiger partial charge in [0.15, 0.2) is 0 Å². The molecule has 2 N–H and O–H groups in total. The highest BCUT2D eigenvalue weighted by Crippen LogP contribution is 2.27. The first-order valence-electron chi connectivity index (χ1n) is 7.44. The molecule has 0 aromatic rings. The molecule has 0 aromatic heterocycles. The topological polar surface area (TPSA) is 41.1 Å². The summed E-state index contributed by atoms with van der Waals surface area (Å²) < 4.78 is 0. The van der Waals surface area contributed by atoms with Gasteiger partial charge in [0.25, 0.3) is 0 Å². The van der Waals surface area contributed by atoms with Crippen molar-refractivity contribution in [2.75, 3.05) is 0 Å². The molecule has 0 bridgehead atoms. The first kappa shape index (κ1) is 15.5. The Balaban J connectivity index is 2.39. The van der Waals surface area contributed by atoms with Gasteiger partial charge in [0, 0.05) is 11.6 Å². The van der Waals surface area contributed by atoms with Gasteiger partial charge in [-0.25, -0.2) is 0 Å². The van der Waals surface area contributed by atoms with Gasteiger partial charge in [-0.15, -0.1) is 0 Å². The molecular weight excluding hydrogens is 224 g/mol. The smallest absolute Gasteiger partial charge is 0.237 e. The van der Waals surface area contributed by atoms with Crippen LogP contribution in [0.3, 0.4) is 0 Å². The van der Waals surface area contributed by atoms with Crippen molar-refractivity contribution < 1.29 is 4.79 Å². The van der Waals surface area contributed by atoms with Crippen LogP contribution in [0.2, 0.25) is 0 Å². The highest BCUT2D eigenvalue weighted by atomic mass is 16.2. The monoisotopic (exact) mass is 254 g/mol. The first-order chi connectivity index (χ1) is 8.35. The summed E-state index contributed by atoms with van der Waals surface area (Å²) >= 11 is 0. The Morgan fingerprint density at radius 2 is 1.83 bits per heavy atom. The Bertz CT molecular complexity index is 270. The summed E-state index contributed by atoms with van der Waals surface area (Å²) in [6.07, 6.45) is 6.26. The Labute approximate surface area is 112 Å². The number of carbonyl (C=O) groups excluding carboxylic acids is 1. The van der Waals surface area contributed by atoms with Gasteiger partial charge in [-0.3, -0.25) is 4.79 Å². The van der Waals surface area contributed by atoms with E-state index in [1.165, 1.54) is 25.7 Å². The van der Waals surface area contributed by atoms with Gasteiger partial charge < -0.3 is 10.6 Å². The van der Waals surface area contributed by atoms with Crippen molar-refractivity contribution in [2.24, 2.45) is 5.92 Å². The van der Waals surface area contributed by atoms with E-state index < -0.39 is 0 Å². The molecule has 1 fully saturated rings. The summed E-state index contributed by atoms with van der Waals surface area (Å²) in [5.41, 5.74) is -0.108. The number of carbonyl (C=O) groups is 1. The maximum absolute atomic E-state index is 12.1. The molecule has 0 radical (unpaired) electrons. The number of hydrogen-bond acceptors (Lipinski definition) is 2. The van der Waals surface area contributed by atoms with Crippen molar-refractivity contribution in [3.8, 4) is 0 Å². The molecule has 1 aliphatic carbocycles. The standard InChI is InChI=1S/C15H30N2O/c1-6-15(4,5)17-14(18)12(3)16-11(2)13-9-7-8-10-13/h11-13,16H,6-10H2,1-5H3,(H,17,18)/t11-,12?/m0/s1. The minimum atomic E-state index is -0.108. The van der Waals surface area contributed by atoms with Crippen LogP contribution in [0.4, 0.5) is 0 Å². The first-order valence-corrected chi connectivity index (χ1v) is 7.44. The zero-order valence-corrected chi connectivity index (χ0v) is 12.7. The summed E-state index contributed by atoms with van der Waals surface area (Å²) in [5, 5.41) is 6.56. The van der Waals surface area contributed by atoms with Gasteiger partial charge >= 0.3 is 0 Å². The molecule has 0 heterocycles. The Kier molecular flexibility index (Phi) is 5.64.